The Hall–Kier alpha value is -0.0600. The minimum Gasteiger partial charge on any atom is -0.332 e. The van der Waals surface area contributed by atoms with Crippen LogP contribution in [0.5, 0.6) is 0 Å². The lowest BCUT2D eigenvalue weighted by Gasteiger charge is -2.02. The van der Waals surface area contributed by atoms with Gasteiger partial charge < -0.3 is 4.89 Å². The minimum absolute atomic E-state index is 1.14. The van der Waals surface area contributed by atoms with E-state index >= 15 is 0 Å². The first-order valence-corrected chi connectivity index (χ1v) is 9.18. The molecule has 0 spiro atoms. The fourth-order valence-corrected chi connectivity index (χ4v) is 3.11. The third-order valence-corrected chi connectivity index (χ3v) is 4.49. The predicted octanol–water partition coefficient (Wildman–Crippen LogP) is 5.83. The van der Waals surface area contributed by atoms with E-state index in [-0.39, 0.29) is 0 Å². The molecule has 1 aliphatic heterocycles. The van der Waals surface area contributed by atoms with Gasteiger partial charge in [-0.2, -0.15) is 0 Å². The Labute approximate surface area is 119 Å². The molecule has 0 radical (unpaired) electrons. The average Bonchev–Trinajstić information content (AvgIpc) is 2.39. The molecule has 0 saturated heterocycles. The molecule has 0 aromatic rings. The molecule has 0 fully saturated rings. The van der Waals surface area contributed by atoms with Gasteiger partial charge in [0.1, 0.15) is 17.3 Å². The lowest BCUT2D eigenvalue weighted by Crippen LogP contribution is -1.83. The maximum Gasteiger partial charge on any atom is 0.130 e. The number of hydrogen-bond donors (Lipinski definition) is 0. The van der Waals surface area contributed by atoms with Crippen molar-refractivity contribution >= 4 is 21.9 Å². The van der Waals surface area contributed by atoms with Gasteiger partial charge in [0.2, 0.25) is 0 Å². The van der Waals surface area contributed by atoms with Crippen LogP contribution in [0.1, 0.15) is 57.8 Å². The first-order valence-electron chi connectivity index (χ1n) is 6.93. The molecule has 0 atom stereocenters. The summed E-state index contributed by atoms with van der Waals surface area (Å²) in [5, 5.41) is 0. The largest absolute Gasteiger partial charge is 0.332 e. The summed E-state index contributed by atoms with van der Waals surface area (Å²) in [6, 6.07) is 0. The van der Waals surface area contributed by atoms with Crippen molar-refractivity contribution in [3.05, 3.63) is 24.5 Å². The van der Waals surface area contributed by atoms with Crippen molar-refractivity contribution in [3.8, 4) is 0 Å². The predicted molar refractivity (Wildman–Crippen MR) is 82.1 cm³/mol. The van der Waals surface area contributed by atoms with Crippen molar-refractivity contribution in [2.75, 3.05) is 5.75 Å². The van der Waals surface area contributed by atoms with Crippen molar-refractivity contribution in [3.63, 3.8) is 0 Å². The first-order chi connectivity index (χ1) is 9.00. The van der Waals surface area contributed by atoms with Crippen molar-refractivity contribution < 1.29 is 9.22 Å². The summed E-state index contributed by atoms with van der Waals surface area (Å²) in [6.45, 7) is 0. The molecular formula is C14H24O2S2. The summed E-state index contributed by atoms with van der Waals surface area (Å²) >= 11 is 1.32. The SMILES string of the molecule is C1=CCCCCCCCCCCSSOOC=C1. The van der Waals surface area contributed by atoms with Gasteiger partial charge in [0.15, 0.2) is 0 Å². The van der Waals surface area contributed by atoms with Crippen LogP contribution in [0, 0.1) is 0 Å². The van der Waals surface area contributed by atoms with Crippen LogP contribution in [0.3, 0.4) is 0 Å². The summed E-state index contributed by atoms with van der Waals surface area (Å²) < 4.78 is 4.94. The van der Waals surface area contributed by atoms with Crippen molar-refractivity contribution in [2.45, 2.75) is 57.8 Å². The lowest BCUT2D eigenvalue weighted by molar-refractivity contribution is -0.127. The van der Waals surface area contributed by atoms with Crippen molar-refractivity contribution in [1.82, 2.24) is 0 Å². The Bertz CT molecular complexity index is 206. The molecule has 104 valence electrons. The maximum atomic E-state index is 4.94. The number of hydrogen-bond acceptors (Lipinski definition) is 4. The van der Waals surface area contributed by atoms with Crippen molar-refractivity contribution in [2.24, 2.45) is 0 Å². The quantitative estimate of drug-likeness (QED) is 0.317. The van der Waals surface area contributed by atoms with E-state index in [1.807, 2.05) is 12.2 Å². The summed E-state index contributed by atoms with van der Waals surface area (Å²) in [5.74, 6) is 1.14. The topological polar surface area (TPSA) is 18.5 Å². The molecule has 0 aliphatic carbocycles. The van der Waals surface area contributed by atoms with Crippen LogP contribution >= 0.6 is 21.9 Å². The Morgan fingerprint density at radius 1 is 0.778 bits per heavy atom. The second-order valence-electron chi connectivity index (χ2n) is 4.43. The summed E-state index contributed by atoms with van der Waals surface area (Å²) in [7, 11) is 1.71. The fraction of sp³-hybridized carbons (Fsp3) is 0.714. The highest BCUT2D eigenvalue weighted by molar-refractivity contribution is 8.74. The molecule has 1 aliphatic rings. The maximum absolute atomic E-state index is 4.94. The van der Waals surface area contributed by atoms with E-state index in [0.717, 1.165) is 12.2 Å². The van der Waals surface area contributed by atoms with Gasteiger partial charge in [0, 0.05) is 5.75 Å². The second-order valence-corrected chi connectivity index (χ2v) is 6.46. The van der Waals surface area contributed by atoms with E-state index in [9.17, 15) is 0 Å². The Kier molecular flexibility index (Phi) is 11.9. The van der Waals surface area contributed by atoms with E-state index in [1.54, 1.807) is 17.1 Å². The molecule has 0 amide bonds. The minimum atomic E-state index is 1.14. The highest BCUT2D eigenvalue weighted by Gasteiger charge is 1.94. The van der Waals surface area contributed by atoms with Gasteiger partial charge in [0.25, 0.3) is 0 Å². The fourth-order valence-electron chi connectivity index (χ4n) is 1.83. The summed E-state index contributed by atoms with van der Waals surface area (Å²) in [5.41, 5.74) is 0. The molecule has 1 heterocycles. The van der Waals surface area contributed by atoms with Crippen LogP contribution in [-0.4, -0.2) is 5.75 Å². The van der Waals surface area contributed by atoms with Gasteiger partial charge in [-0.25, -0.2) is 0 Å². The highest BCUT2D eigenvalue weighted by Crippen LogP contribution is 2.24. The van der Waals surface area contributed by atoms with Crippen LogP contribution < -0.4 is 0 Å². The first kappa shape index (κ1) is 16.0. The van der Waals surface area contributed by atoms with Gasteiger partial charge >= 0.3 is 0 Å². The Balaban J connectivity index is 2.13. The molecule has 18 heavy (non-hydrogen) atoms. The molecule has 0 saturated carbocycles. The lowest BCUT2D eigenvalue weighted by atomic mass is 10.1. The van der Waals surface area contributed by atoms with Crippen LogP contribution in [0.25, 0.3) is 0 Å². The van der Waals surface area contributed by atoms with E-state index in [2.05, 4.69) is 6.08 Å². The third-order valence-electron chi connectivity index (χ3n) is 2.84. The zero-order chi connectivity index (χ0) is 12.7. The second kappa shape index (κ2) is 13.4. The highest BCUT2D eigenvalue weighted by atomic mass is 33.1. The molecular weight excluding hydrogens is 264 g/mol. The van der Waals surface area contributed by atoms with Crippen molar-refractivity contribution in [1.29, 1.82) is 0 Å². The van der Waals surface area contributed by atoms with Gasteiger partial charge in [-0.15, -0.1) is 4.33 Å². The zero-order valence-electron chi connectivity index (χ0n) is 11.0. The van der Waals surface area contributed by atoms with E-state index in [0.29, 0.717) is 0 Å². The molecule has 0 aromatic heterocycles. The monoisotopic (exact) mass is 288 g/mol. The smallest absolute Gasteiger partial charge is 0.130 e. The van der Waals surface area contributed by atoms with E-state index in [4.69, 9.17) is 9.22 Å². The Morgan fingerprint density at radius 3 is 2.33 bits per heavy atom. The number of allylic oxidation sites excluding steroid dienone is 3. The molecule has 0 aromatic carbocycles. The molecule has 0 unspecified atom stereocenters. The van der Waals surface area contributed by atoms with E-state index in [1.165, 1.54) is 62.4 Å². The molecule has 2 nitrogen and oxygen atoms in total. The van der Waals surface area contributed by atoms with Gasteiger partial charge in [-0.05, 0) is 25.3 Å². The molecule has 0 N–H and O–H groups in total. The van der Waals surface area contributed by atoms with Crippen LogP contribution in [0.4, 0.5) is 0 Å². The Morgan fingerprint density at radius 2 is 1.50 bits per heavy atom. The van der Waals surface area contributed by atoms with Crippen LogP contribution in [0.2, 0.25) is 0 Å². The van der Waals surface area contributed by atoms with E-state index < -0.39 is 0 Å². The standard InChI is InChI=1S/C14H24O2S2/c1-2-4-6-8-10-12-14-17-18-16-15-13-11-9-7-5-3-1/h7,9,11,13H,1-6,8,10,12,14H2. The third kappa shape index (κ3) is 11.1. The summed E-state index contributed by atoms with van der Waals surface area (Å²) in [4.78, 5) is 4.89. The van der Waals surface area contributed by atoms with Gasteiger partial charge in [-0.1, -0.05) is 61.5 Å². The van der Waals surface area contributed by atoms with Crippen LogP contribution in [0.15, 0.2) is 24.5 Å². The normalized spacial score (nSPS) is 21.8. The zero-order valence-corrected chi connectivity index (χ0v) is 12.6. The van der Waals surface area contributed by atoms with Gasteiger partial charge in [0.05, 0.1) is 0 Å². The van der Waals surface area contributed by atoms with Gasteiger partial charge in [-0.3, -0.25) is 0 Å². The average molecular weight is 288 g/mol. The number of rotatable bonds is 0. The van der Waals surface area contributed by atoms with Crippen LogP contribution in [-0.2, 0) is 9.22 Å². The molecule has 1 rings (SSSR count). The molecule has 0 bridgehead atoms. The summed E-state index contributed by atoms with van der Waals surface area (Å²) in [6.07, 6.45) is 19.7. The molecule has 4 heteroatoms.